The van der Waals surface area contributed by atoms with Gasteiger partial charge < -0.3 is 39.4 Å². The van der Waals surface area contributed by atoms with Crippen LogP contribution in [0.2, 0.25) is 0 Å². The topological polar surface area (TPSA) is 186 Å². The molecule has 3 aliphatic rings. The van der Waals surface area contributed by atoms with Gasteiger partial charge in [0.05, 0.1) is 45.5 Å². The van der Waals surface area contributed by atoms with Crippen molar-refractivity contribution in [2.45, 2.75) is 37.9 Å². The number of aromatic hydroxyl groups is 2. The van der Waals surface area contributed by atoms with Gasteiger partial charge in [-0.1, -0.05) is 0 Å². The van der Waals surface area contributed by atoms with Gasteiger partial charge >= 0.3 is 0 Å². The predicted molar refractivity (Wildman–Crippen MR) is 144 cm³/mol. The Bertz CT molecular complexity index is 1690. The van der Waals surface area contributed by atoms with E-state index in [0.29, 0.717) is 0 Å². The van der Waals surface area contributed by atoms with Crippen molar-refractivity contribution in [2.24, 2.45) is 0 Å². The lowest BCUT2D eigenvalue weighted by Crippen LogP contribution is -2.39. The van der Waals surface area contributed by atoms with Crippen LogP contribution in [0.5, 0.6) is 23.0 Å². The van der Waals surface area contributed by atoms with E-state index in [2.05, 4.69) is 0 Å². The molecular weight excluding hydrogens is 552 g/mol. The van der Waals surface area contributed by atoms with Crippen LogP contribution in [0.1, 0.15) is 73.6 Å². The second-order valence-corrected chi connectivity index (χ2v) is 10.4. The third-order valence-corrected chi connectivity index (χ3v) is 8.00. The Balaban J connectivity index is 2.16. The molecule has 0 heterocycles. The highest BCUT2D eigenvalue weighted by Crippen LogP contribution is 2.59. The Morgan fingerprint density at radius 1 is 0.810 bits per heavy atom. The summed E-state index contributed by atoms with van der Waals surface area (Å²) in [6.07, 6.45) is -0.0475. The zero-order valence-electron chi connectivity index (χ0n) is 23.6. The molecule has 5 rings (SSSR count). The lowest BCUT2D eigenvalue weighted by molar-refractivity contribution is -0.124. The van der Waals surface area contributed by atoms with Crippen LogP contribution in [-0.4, -0.2) is 77.6 Å². The smallest absolute Gasteiger partial charge is 0.229 e. The van der Waals surface area contributed by atoms with Gasteiger partial charge in [0.2, 0.25) is 11.6 Å². The number of aliphatic hydroxyl groups excluding tert-OH is 1. The van der Waals surface area contributed by atoms with E-state index in [1.165, 1.54) is 42.3 Å². The molecule has 1 unspecified atom stereocenters. The molecule has 3 atom stereocenters. The van der Waals surface area contributed by atoms with E-state index in [1.54, 1.807) is 0 Å². The minimum atomic E-state index is -1.99. The third-order valence-electron chi connectivity index (χ3n) is 8.00. The Kier molecular flexibility index (Phi) is 6.66. The fourth-order valence-corrected chi connectivity index (χ4v) is 6.44. The molecule has 0 bridgehead atoms. The predicted octanol–water partition coefficient (Wildman–Crippen LogP) is 2.43. The van der Waals surface area contributed by atoms with E-state index in [4.69, 9.17) is 18.9 Å². The number of ether oxygens (including phenoxy) is 4. The largest absolute Gasteiger partial charge is 0.504 e. The van der Waals surface area contributed by atoms with Gasteiger partial charge in [-0.05, 0) is 19.9 Å². The first-order valence-electron chi connectivity index (χ1n) is 12.8. The normalized spacial score (nSPS) is 22.5. The van der Waals surface area contributed by atoms with Crippen LogP contribution in [0, 0.1) is 0 Å². The molecule has 0 amide bonds. The number of ketones is 4. The molecule has 2 aromatic rings. The number of fused-ring (bicyclic) bond motifs is 7. The highest BCUT2D eigenvalue weighted by Gasteiger charge is 2.50. The zero-order chi connectivity index (χ0) is 31.0. The Hall–Kier alpha value is -4.68. The van der Waals surface area contributed by atoms with E-state index < -0.39 is 69.8 Å². The summed E-state index contributed by atoms with van der Waals surface area (Å²) in [5.41, 5.74) is -4.05. The average molecular weight is 581 g/mol. The minimum absolute atomic E-state index is 0.00892. The molecule has 0 radical (unpaired) electrons. The van der Waals surface area contributed by atoms with E-state index in [1.807, 2.05) is 0 Å². The number of phenols is 2. The number of methoxy groups -OCH3 is 4. The van der Waals surface area contributed by atoms with Crippen LogP contribution in [0.4, 0.5) is 0 Å². The average Bonchev–Trinajstić information content (AvgIpc) is 3.02. The van der Waals surface area contributed by atoms with E-state index in [0.717, 1.165) is 12.2 Å². The molecule has 12 heteroatoms. The van der Waals surface area contributed by atoms with Crippen molar-refractivity contribution in [1.29, 1.82) is 0 Å². The number of carbonyl (C=O) groups is 4. The fourth-order valence-electron chi connectivity index (χ4n) is 6.44. The molecule has 0 saturated carbocycles. The summed E-state index contributed by atoms with van der Waals surface area (Å²) in [5.74, 6) is -7.31. The number of carbonyl (C=O) groups excluding carboxylic acids is 4. The highest BCUT2D eigenvalue weighted by atomic mass is 16.5. The molecular formula is C30H28O12. The molecule has 0 fully saturated rings. The maximum Gasteiger partial charge on any atom is 0.229 e. The summed E-state index contributed by atoms with van der Waals surface area (Å²) in [4.78, 5) is 54.5. The lowest BCUT2D eigenvalue weighted by Gasteiger charge is -2.32. The van der Waals surface area contributed by atoms with Crippen molar-refractivity contribution in [2.75, 3.05) is 28.4 Å². The summed E-state index contributed by atoms with van der Waals surface area (Å²) < 4.78 is 21.4. The standard InChI is InChI=1S/C30H28O12/c1-10(31)23-22-19(21-18(27(37)29(22)42-6)13(33)8-15(40-4)25(21)35)16-11(9-30(23,2)38)28(41-5)26(36)17-12(32)7-14(39-3)24(34)20(16)17/h7-8,12,23,32,36-38H,9H2,1-6H3/t12?,23-,30+/m1/s1. The van der Waals surface area contributed by atoms with Crippen LogP contribution in [0.25, 0.3) is 11.1 Å². The first-order valence-corrected chi connectivity index (χ1v) is 12.8. The number of rotatable bonds is 5. The fraction of sp³-hybridized carbons (Fsp3) is 0.333. The van der Waals surface area contributed by atoms with Gasteiger partial charge in [-0.2, -0.15) is 0 Å². The van der Waals surface area contributed by atoms with Crippen molar-refractivity contribution in [3.8, 4) is 34.1 Å². The number of phenolic OH excluding ortho intramolecular Hbond substituents is 2. The first-order chi connectivity index (χ1) is 19.8. The number of benzene rings is 2. The van der Waals surface area contributed by atoms with Crippen molar-refractivity contribution < 1.29 is 58.6 Å². The Morgan fingerprint density at radius 2 is 1.40 bits per heavy atom. The summed E-state index contributed by atoms with van der Waals surface area (Å²) in [6, 6.07) is 0. The van der Waals surface area contributed by atoms with Crippen molar-refractivity contribution >= 4 is 23.1 Å². The lowest BCUT2D eigenvalue weighted by atomic mass is 9.74. The van der Waals surface area contributed by atoms with Crippen LogP contribution in [0.3, 0.4) is 0 Å². The maximum absolute atomic E-state index is 13.9. The summed E-state index contributed by atoms with van der Waals surface area (Å²) in [6.45, 7) is 2.52. The monoisotopic (exact) mass is 580 g/mol. The second-order valence-electron chi connectivity index (χ2n) is 10.4. The van der Waals surface area contributed by atoms with Crippen molar-refractivity contribution in [3.05, 3.63) is 57.1 Å². The molecule has 42 heavy (non-hydrogen) atoms. The number of allylic oxidation sites excluding steroid dienone is 3. The first kappa shape index (κ1) is 28.8. The quantitative estimate of drug-likeness (QED) is 0.405. The van der Waals surface area contributed by atoms with Gasteiger partial charge in [-0.25, -0.2) is 0 Å². The maximum atomic E-state index is 13.9. The van der Waals surface area contributed by atoms with E-state index in [9.17, 15) is 39.6 Å². The molecule has 0 spiro atoms. The van der Waals surface area contributed by atoms with Gasteiger partial charge in [0.1, 0.15) is 11.9 Å². The van der Waals surface area contributed by atoms with Crippen LogP contribution >= 0.6 is 0 Å². The van der Waals surface area contributed by atoms with Crippen LogP contribution in [-0.2, 0) is 20.7 Å². The van der Waals surface area contributed by atoms with Gasteiger partial charge in [0.25, 0.3) is 0 Å². The van der Waals surface area contributed by atoms with Gasteiger partial charge in [0, 0.05) is 51.4 Å². The Morgan fingerprint density at radius 3 is 1.95 bits per heavy atom. The number of hydrogen-bond donors (Lipinski definition) is 4. The van der Waals surface area contributed by atoms with E-state index in [-0.39, 0.29) is 56.4 Å². The summed E-state index contributed by atoms with van der Waals surface area (Å²) >= 11 is 0. The highest BCUT2D eigenvalue weighted by molar-refractivity contribution is 6.29. The van der Waals surface area contributed by atoms with Crippen LogP contribution in [0.15, 0.2) is 23.7 Å². The summed E-state index contributed by atoms with van der Waals surface area (Å²) in [5, 5.41) is 45.6. The van der Waals surface area contributed by atoms with Crippen molar-refractivity contribution in [1.82, 2.24) is 0 Å². The van der Waals surface area contributed by atoms with Crippen molar-refractivity contribution in [3.63, 3.8) is 0 Å². The Labute approximate surface area is 239 Å². The molecule has 3 aliphatic carbocycles. The van der Waals surface area contributed by atoms with Gasteiger partial charge in [-0.3, -0.25) is 19.2 Å². The minimum Gasteiger partial charge on any atom is -0.504 e. The van der Waals surface area contributed by atoms with Gasteiger partial charge in [0.15, 0.2) is 40.3 Å². The SMILES string of the molecule is COC1=CC(=O)c2c(O)c(OC)c3c(c2C1=O)-c1c(c(OC)c(O)c2c1C(=O)C(OC)=CC2O)C[C@](C)(O)[C@@H]3C(C)=O. The second kappa shape index (κ2) is 9.71. The molecule has 0 aliphatic heterocycles. The molecule has 220 valence electrons. The van der Waals surface area contributed by atoms with Gasteiger partial charge in [-0.15, -0.1) is 0 Å². The molecule has 0 saturated heterocycles. The zero-order valence-corrected chi connectivity index (χ0v) is 23.6. The third kappa shape index (κ3) is 3.68. The van der Waals surface area contributed by atoms with Crippen LogP contribution < -0.4 is 9.47 Å². The summed E-state index contributed by atoms with van der Waals surface area (Å²) in [7, 11) is 4.75. The molecule has 2 aromatic carbocycles. The molecule has 0 aromatic heterocycles. The van der Waals surface area contributed by atoms with E-state index >= 15 is 0 Å². The molecule has 4 N–H and O–H groups in total. The number of hydrogen-bond acceptors (Lipinski definition) is 12. The number of aliphatic hydroxyl groups is 2. The number of Topliss-reactive ketones (excluding diaryl/α,β-unsaturated/α-hetero) is 3. The molecule has 12 nitrogen and oxygen atoms in total.